The van der Waals surface area contributed by atoms with Crippen LogP contribution in [0.3, 0.4) is 0 Å². The molecular formula is C21H36O7. The largest absolute Gasteiger partial charge is 0.394 e. The van der Waals surface area contributed by atoms with E-state index in [9.17, 15) is 20.4 Å². The molecule has 0 amide bonds. The van der Waals surface area contributed by atoms with Crippen molar-refractivity contribution in [3.63, 3.8) is 0 Å². The van der Waals surface area contributed by atoms with Gasteiger partial charge in [0.1, 0.15) is 24.4 Å². The van der Waals surface area contributed by atoms with E-state index in [-0.39, 0.29) is 11.7 Å². The standard InChI is InChI=1S/C21H36O7/c1-12-5-7-13(8-6-12)21(4)10-9-15(20(2,3)28-21)27-19-18(25)17(24)16(23)14(11-22)26-19/h5,13-19,22-25H,6-11H2,1-4H3/t13?,14-,15?,16-,17+,18-,19?,21?/m1/s1. The molecule has 2 saturated heterocycles. The maximum absolute atomic E-state index is 10.3. The van der Waals surface area contributed by atoms with Crippen LogP contribution in [0.4, 0.5) is 0 Å². The second kappa shape index (κ2) is 8.30. The van der Waals surface area contributed by atoms with Crippen molar-refractivity contribution in [3.05, 3.63) is 11.6 Å². The minimum Gasteiger partial charge on any atom is -0.394 e. The molecule has 0 aromatic carbocycles. The van der Waals surface area contributed by atoms with Crippen molar-refractivity contribution in [3.8, 4) is 0 Å². The molecule has 28 heavy (non-hydrogen) atoms. The molecule has 8 atom stereocenters. The molecule has 162 valence electrons. The third-order valence-corrected chi connectivity index (χ3v) is 6.82. The first-order valence-corrected chi connectivity index (χ1v) is 10.4. The van der Waals surface area contributed by atoms with Gasteiger partial charge < -0.3 is 34.6 Å². The van der Waals surface area contributed by atoms with E-state index in [4.69, 9.17) is 14.2 Å². The number of hydrogen-bond donors (Lipinski definition) is 4. The summed E-state index contributed by atoms with van der Waals surface area (Å²) in [4.78, 5) is 0. The van der Waals surface area contributed by atoms with Crippen LogP contribution in [0.15, 0.2) is 11.6 Å². The maximum atomic E-state index is 10.3. The van der Waals surface area contributed by atoms with E-state index in [1.165, 1.54) is 5.57 Å². The van der Waals surface area contributed by atoms with Crippen molar-refractivity contribution in [1.82, 2.24) is 0 Å². The first kappa shape index (κ1) is 22.2. The van der Waals surface area contributed by atoms with Gasteiger partial charge in [-0.3, -0.25) is 0 Å². The average Bonchev–Trinajstić information content (AvgIpc) is 2.64. The Labute approximate surface area is 167 Å². The molecule has 0 aromatic rings. The molecule has 4 unspecified atom stereocenters. The Balaban J connectivity index is 1.66. The summed E-state index contributed by atoms with van der Waals surface area (Å²) in [6.07, 6.45) is 0.453. The zero-order chi connectivity index (χ0) is 20.7. The van der Waals surface area contributed by atoms with Gasteiger partial charge in [-0.25, -0.2) is 0 Å². The number of allylic oxidation sites excluding steroid dienone is 2. The molecule has 1 aliphatic carbocycles. The van der Waals surface area contributed by atoms with Gasteiger partial charge in [0.05, 0.1) is 23.9 Å². The van der Waals surface area contributed by atoms with Gasteiger partial charge in [-0.1, -0.05) is 11.6 Å². The van der Waals surface area contributed by atoms with Gasteiger partial charge in [-0.2, -0.15) is 0 Å². The van der Waals surface area contributed by atoms with Gasteiger partial charge in [0.15, 0.2) is 6.29 Å². The maximum Gasteiger partial charge on any atom is 0.187 e. The minimum absolute atomic E-state index is 0.240. The fraction of sp³-hybridized carbons (Fsp3) is 0.905. The summed E-state index contributed by atoms with van der Waals surface area (Å²) in [5.74, 6) is 0.462. The Morgan fingerprint density at radius 2 is 1.82 bits per heavy atom. The summed E-state index contributed by atoms with van der Waals surface area (Å²) in [7, 11) is 0. The SMILES string of the molecule is CC1=CCC(C2(C)CCC(OC3O[C@H](CO)[C@@H](O)[C@H](O)[C@H]3O)C(C)(C)O2)CC1. The highest BCUT2D eigenvalue weighted by molar-refractivity contribution is 5.08. The van der Waals surface area contributed by atoms with Gasteiger partial charge >= 0.3 is 0 Å². The molecule has 3 aliphatic rings. The first-order chi connectivity index (χ1) is 13.1. The molecule has 7 nitrogen and oxygen atoms in total. The monoisotopic (exact) mass is 400 g/mol. The smallest absolute Gasteiger partial charge is 0.187 e. The number of rotatable bonds is 4. The topological polar surface area (TPSA) is 109 Å². The molecule has 2 aliphatic heterocycles. The third kappa shape index (κ3) is 4.31. The van der Waals surface area contributed by atoms with Crippen LogP contribution in [0.25, 0.3) is 0 Å². The Hall–Kier alpha value is -0.540. The summed E-state index contributed by atoms with van der Waals surface area (Å²) in [5.41, 5.74) is 0.594. The summed E-state index contributed by atoms with van der Waals surface area (Å²) in [6.45, 7) is 7.83. The lowest BCUT2D eigenvalue weighted by molar-refractivity contribution is -0.339. The minimum atomic E-state index is -1.44. The number of hydrogen-bond acceptors (Lipinski definition) is 7. The average molecular weight is 401 g/mol. The Kier molecular flexibility index (Phi) is 6.57. The predicted octanol–water partition coefficient (Wildman–Crippen LogP) is 1.27. The molecule has 0 aromatic heterocycles. The summed E-state index contributed by atoms with van der Waals surface area (Å²) < 4.78 is 18.1. The predicted molar refractivity (Wildman–Crippen MR) is 103 cm³/mol. The van der Waals surface area contributed by atoms with Crippen LogP contribution in [0.1, 0.15) is 59.8 Å². The fourth-order valence-electron chi connectivity index (χ4n) is 4.86. The summed E-state index contributed by atoms with van der Waals surface area (Å²) in [6, 6.07) is 0. The lowest BCUT2D eigenvalue weighted by Gasteiger charge is -2.52. The quantitative estimate of drug-likeness (QED) is 0.526. The zero-order valence-corrected chi connectivity index (χ0v) is 17.4. The van der Waals surface area contributed by atoms with Crippen LogP contribution < -0.4 is 0 Å². The lowest BCUT2D eigenvalue weighted by atomic mass is 9.73. The van der Waals surface area contributed by atoms with Crippen molar-refractivity contribution in [2.45, 2.75) is 108 Å². The second-order valence-electron chi connectivity index (χ2n) is 9.40. The van der Waals surface area contributed by atoms with Crippen LogP contribution in [0, 0.1) is 5.92 Å². The van der Waals surface area contributed by atoms with Crippen LogP contribution in [-0.2, 0) is 14.2 Å². The molecule has 3 rings (SSSR count). The van der Waals surface area contributed by atoms with Crippen LogP contribution in [0.2, 0.25) is 0 Å². The van der Waals surface area contributed by atoms with Crippen LogP contribution in [0.5, 0.6) is 0 Å². The highest BCUT2D eigenvalue weighted by atomic mass is 16.7. The highest BCUT2D eigenvalue weighted by Crippen LogP contribution is 2.45. The van der Waals surface area contributed by atoms with Crippen molar-refractivity contribution < 1.29 is 34.6 Å². The Morgan fingerprint density at radius 1 is 1.11 bits per heavy atom. The van der Waals surface area contributed by atoms with Gasteiger partial charge in [0.25, 0.3) is 0 Å². The van der Waals surface area contributed by atoms with Gasteiger partial charge in [0.2, 0.25) is 0 Å². The number of aliphatic hydroxyl groups is 4. The molecular weight excluding hydrogens is 364 g/mol. The molecule has 2 heterocycles. The van der Waals surface area contributed by atoms with Crippen LogP contribution >= 0.6 is 0 Å². The van der Waals surface area contributed by atoms with Gasteiger partial charge in [-0.05, 0) is 65.7 Å². The summed E-state index contributed by atoms with van der Waals surface area (Å²) in [5, 5.41) is 39.6. The van der Waals surface area contributed by atoms with Crippen LogP contribution in [-0.4, -0.2) is 75.0 Å². The van der Waals surface area contributed by atoms with Crippen molar-refractivity contribution in [1.29, 1.82) is 0 Å². The van der Waals surface area contributed by atoms with E-state index in [0.717, 1.165) is 32.1 Å². The van der Waals surface area contributed by atoms with E-state index in [0.29, 0.717) is 5.92 Å². The Bertz CT molecular complexity index is 575. The highest BCUT2D eigenvalue weighted by Gasteiger charge is 2.51. The van der Waals surface area contributed by atoms with Gasteiger partial charge in [-0.15, -0.1) is 0 Å². The van der Waals surface area contributed by atoms with Crippen molar-refractivity contribution in [2.75, 3.05) is 6.61 Å². The van der Waals surface area contributed by atoms with E-state index in [2.05, 4.69) is 19.9 Å². The molecule has 2 fully saturated rings. The lowest BCUT2D eigenvalue weighted by Crippen LogP contribution is -2.62. The Morgan fingerprint density at radius 3 is 2.39 bits per heavy atom. The molecule has 0 saturated carbocycles. The van der Waals surface area contributed by atoms with Gasteiger partial charge in [0, 0.05) is 0 Å². The van der Waals surface area contributed by atoms with Crippen molar-refractivity contribution >= 4 is 0 Å². The molecule has 0 bridgehead atoms. The molecule has 7 heteroatoms. The second-order valence-corrected chi connectivity index (χ2v) is 9.40. The van der Waals surface area contributed by atoms with E-state index < -0.39 is 42.9 Å². The van der Waals surface area contributed by atoms with E-state index in [1.54, 1.807) is 0 Å². The number of aliphatic hydroxyl groups excluding tert-OH is 4. The summed E-state index contributed by atoms with van der Waals surface area (Å²) >= 11 is 0. The molecule has 4 N–H and O–H groups in total. The fourth-order valence-corrected chi connectivity index (χ4v) is 4.86. The van der Waals surface area contributed by atoms with E-state index >= 15 is 0 Å². The normalized spacial score (nSPS) is 46.9. The first-order valence-electron chi connectivity index (χ1n) is 10.4. The molecule has 0 radical (unpaired) electrons. The van der Waals surface area contributed by atoms with Crippen molar-refractivity contribution in [2.24, 2.45) is 5.92 Å². The van der Waals surface area contributed by atoms with E-state index in [1.807, 2.05) is 13.8 Å². The third-order valence-electron chi connectivity index (χ3n) is 6.82. The number of ether oxygens (including phenoxy) is 3. The zero-order valence-electron chi connectivity index (χ0n) is 17.4. The molecule has 0 spiro atoms.